The largest absolute Gasteiger partial charge is 0.457 e. The number of aromatic nitrogens is 3. The lowest BCUT2D eigenvalue weighted by Gasteiger charge is -2.05. The number of benzene rings is 2. The first kappa shape index (κ1) is 18.3. The average Bonchev–Trinajstić information content (AvgIpc) is 2.96. The third kappa shape index (κ3) is 4.71. The van der Waals surface area contributed by atoms with Crippen molar-refractivity contribution in [3.05, 3.63) is 66.0 Å². The number of hydrazone groups is 1. The third-order valence-corrected chi connectivity index (χ3v) is 3.30. The van der Waals surface area contributed by atoms with E-state index in [1.807, 2.05) is 61.5 Å². The van der Waals surface area contributed by atoms with Gasteiger partial charge in [0, 0.05) is 6.42 Å². The summed E-state index contributed by atoms with van der Waals surface area (Å²) in [6.45, 7) is 1.96. The summed E-state index contributed by atoms with van der Waals surface area (Å²) in [4.78, 5) is 0. The molecule has 1 heterocycles. The molecule has 0 spiro atoms. The van der Waals surface area contributed by atoms with Crippen LogP contribution in [0.2, 0.25) is 0 Å². The summed E-state index contributed by atoms with van der Waals surface area (Å²) in [6.07, 6.45) is 2.37. The number of ether oxygens (including phenoxy) is 1. The van der Waals surface area contributed by atoms with Crippen LogP contribution >= 0.6 is 12.4 Å². The van der Waals surface area contributed by atoms with Crippen LogP contribution in [0.3, 0.4) is 0 Å². The van der Waals surface area contributed by atoms with E-state index in [0.717, 1.165) is 17.1 Å². The van der Waals surface area contributed by atoms with Crippen molar-refractivity contribution in [3.8, 4) is 11.5 Å². The molecule has 8 heteroatoms. The molecule has 0 aliphatic carbocycles. The van der Waals surface area contributed by atoms with Crippen molar-refractivity contribution in [2.45, 2.75) is 13.3 Å². The summed E-state index contributed by atoms with van der Waals surface area (Å²) in [5.41, 5.74) is 3.66. The van der Waals surface area contributed by atoms with Crippen molar-refractivity contribution >= 4 is 24.6 Å². The Labute approximate surface area is 151 Å². The average molecular weight is 359 g/mol. The fourth-order valence-electron chi connectivity index (χ4n) is 2.09. The molecule has 130 valence electrons. The summed E-state index contributed by atoms with van der Waals surface area (Å²) in [5, 5.41) is 12.0. The Balaban J connectivity index is 0.00000225. The van der Waals surface area contributed by atoms with Gasteiger partial charge in [-0.25, -0.2) is 10.1 Å². The maximum Gasteiger partial charge on any atom is 0.263 e. The minimum atomic E-state index is 0. The number of nitrogens with two attached hydrogens (primary N) is 1. The highest BCUT2D eigenvalue weighted by Gasteiger charge is 2.05. The van der Waals surface area contributed by atoms with E-state index in [-0.39, 0.29) is 12.4 Å². The standard InChI is InChI=1S/C17H18N6O.ClH/c1-2-16-20-22-17(23(16)18)21-19-12-13-7-6-10-15(11-13)24-14-8-4-3-5-9-14;/h3-12H,2,18H2,1H3,(H,21,22);1H. The van der Waals surface area contributed by atoms with Crippen LogP contribution in [-0.4, -0.2) is 21.1 Å². The van der Waals surface area contributed by atoms with Crippen molar-refractivity contribution in [1.82, 2.24) is 14.9 Å². The number of para-hydroxylation sites is 1. The molecule has 0 saturated heterocycles. The zero-order chi connectivity index (χ0) is 16.8. The van der Waals surface area contributed by atoms with Gasteiger partial charge in [-0.05, 0) is 29.8 Å². The lowest BCUT2D eigenvalue weighted by Crippen LogP contribution is -2.14. The van der Waals surface area contributed by atoms with Crippen LogP contribution in [0.1, 0.15) is 18.3 Å². The second kappa shape index (κ2) is 8.70. The van der Waals surface area contributed by atoms with E-state index in [0.29, 0.717) is 18.2 Å². The first-order valence-corrected chi connectivity index (χ1v) is 7.57. The fraction of sp³-hybridized carbons (Fsp3) is 0.118. The number of nitrogen functional groups attached to an aromatic ring is 1. The zero-order valence-corrected chi connectivity index (χ0v) is 14.5. The predicted octanol–water partition coefficient (Wildman–Crippen LogP) is 3.21. The van der Waals surface area contributed by atoms with Gasteiger partial charge in [-0.15, -0.1) is 22.6 Å². The molecule has 0 bridgehead atoms. The summed E-state index contributed by atoms with van der Waals surface area (Å²) in [7, 11) is 0. The lowest BCUT2D eigenvalue weighted by atomic mass is 10.2. The van der Waals surface area contributed by atoms with E-state index in [2.05, 4.69) is 20.7 Å². The number of hydrogen-bond donors (Lipinski definition) is 2. The van der Waals surface area contributed by atoms with Gasteiger partial charge in [-0.1, -0.05) is 37.3 Å². The van der Waals surface area contributed by atoms with Crippen LogP contribution in [0, 0.1) is 0 Å². The molecular formula is C17H19ClN6O. The lowest BCUT2D eigenvalue weighted by molar-refractivity contribution is 0.482. The van der Waals surface area contributed by atoms with Gasteiger partial charge in [0.2, 0.25) is 0 Å². The Bertz CT molecular complexity index is 834. The second-order valence-corrected chi connectivity index (χ2v) is 5.02. The molecule has 0 saturated carbocycles. The molecule has 7 nitrogen and oxygen atoms in total. The number of nitrogens with one attached hydrogen (secondary N) is 1. The molecule has 2 aromatic carbocycles. The molecule has 3 N–H and O–H groups in total. The summed E-state index contributed by atoms with van der Waals surface area (Å²) < 4.78 is 7.17. The Kier molecular flexibility index (Phi) is 6.36. The second-order valence-electron chi connectivity index (χ2n) is 5.02. The van der Waals surface area contributed by atoms with Gasteiger partial charge in [-0.2, -0.15) is 5.10 Å². The van der Waals surface area contributed by atoms with E-state index < -0.39 is 0 Å². The molecule has 0 amide bonds. The van der Waals surface area contributed by atoms with Crippen LogP contribution in [-0.2, 0) is 6.42 Å². The molecule has 0 radical (unpaired) electrons. The SMILES string of the molecule is CCc1nnc(NN=Cc2cccc(Oc3ccccc3)c2)n1N.Cl. The predicted molar refractivity (Wildman–Crippen MR) is 101 cm³/mol. The van der Waals surface area contributed by atoms with Gasteiger partial charge in [-0.3, -0.25) is 0 Å². The van der Waals surface area contributed by atoms with Gasteiger partial charge in [0.05, 0.1) is 6.21 Å². The molecule has 25 heavy (non-hydrogen) atoms. The minimum Gasteiger partial charge on any atom is -0.457 e. The van der Waals surface area contributed by atoms with Crippen LogP contribution < -0.4 is 16.0 Å². The number of aryl methyl sites for hydroxylation is 1. The maximum absolute atomic E-state index is 5.84. The van der Waals surface area contributed by atoms with Gasteiger partial charge in [0.1, 0.15) is 11.5 Å². The summed E-state index contributed by atoms with van der Waals surface area (Å²) in [6, 6.07) is 17.2. The molecule has 1 aromatic heterocycles. The topological polar surface area (TPSA) is 90.4 Å². The van der Waals surface area contributed by atoms with Gasteiger partial charge in [0.25, 0.3) is 5.95 Å². The fourth-order valence-corrected chi connectivity index (χ4v) is 2.09. The smallest absolute Gasteiger partial charge is 0.263 e. The van der Waals surface area contributed by atoms with Crippen molar-refractivity contribution in [2.75, 3.05) is 11.3 Å². The quantitative estimate of drug-likeness (QED) is 0.401. The Morgan fingerprint density at radius 3 is 2.60 bits per heavy atom. The van der Waals surface area contributed by atoms with Gasteiger partial charge < -0.3 is 10.6 Å². The molecule has 0 unspecified atom stereocenters. The highest BCUT2D eigenvalue weighted by molar-refractivity contribution is 5.85. The van der Waals surface area contributed by atoms with Crippen molar-refractivity contribution < 1.29 is 4.74 Å². The van der Waals surface area contributed by atoms with Crippen molar-refractivity contribution in [3.63, 3.8) is 0 Å². The zero-order valence-electron chi connectivity index (χ0n) is 13.7. The van der Waals surface area contributed by atoms with E-state index >= 15 is 0 Å². The van der Waals surface area contributed by atoms with E-state index in [9.17, 15) is 0 Å². The van der Waals surface area contributed by atoms with Gasteiger partial charge >= 0.3 is 0 Å². The first-order valence-electron chi connectivity index (χ1n) is 7.57. The van der Waals surface area contributed by atoms with Crippen LogP contribution in [0.5, 0.6) is 11.5 Å². The summed E-state index contributed by atoms with van der Waals surface area (Å²) >= 11 is 0. The normalized spacial score (nSPS) is 10.4. The molecule has 0 atom stereocenters. The number of hydrogen-bond acceptors (Lipinski definition) is 6. The van der Waals surface area contributed by atoms with Crippen LogP contribution in [0.25, 0.3) is 0 Å². The van der Waals surface area contributed by atoms with E-state index in [4.69, 9.17) is 10.6 Å². The number of nitrogens with zero attached hydrogens (tertiary/aromatic N) is 4. The molecule has 0 aliphatic rings. The van der Waals surface area contributed by atoms with E-state index in [1.165, 1.54) is 4.68 Å². The highest BCUT2D eigenvalue weighted by atomic mass is 35.5. The number of rotatable bonds is 6. The molecular weight excluding hydrogens is 340 g/mol. The van der Waals surface area contributed by atoms with Crippen LogP contribution in [0.15, 0.2) is 59.7 Å². The molecule has 0 aliphatic heterocycles. The first-order chi connectivity index (χ1) is 11.8. The third-order valence-electron chi connectivity index (χ3n) is 3.30. The van der Waals surface area contributed by atoms with Gasteiger partial charge in [0.15, 0.2) is 5.82 Å². The number of anilines is 1. The Hall–Kier alpha value is -3.06. The van der Waals surface area contributed by atoms with Crippen molar-refractivity contribution in [1.29, 1.82) is 0 Å². The Morgan fingerprint density at radius 1 is 1.12 bits per heavy atom. The van der Waals surface area contributed by atoms with Crippen molar-refractivity contribution in [2.24, 2.45) is 5.10 Å². The Morgan fingerprint density at radius 2 is 1.88 bits per heavy atom. The summed E-state index contributed by atoms with van der Waals surface area (Å²) in [5.74, 6) is 8.44. The maximum atomic E-state index is 5.84. The molecule has 3 aromatic rings. The van der Waals surface area contributed by atoms with E-state index in [1.54, 1.807) is 6.21 Å². The van der Waals surface area contributed by atoms with Crippen LogP contribution in [0.4, 0.5) is 5.95 Å². The monoisotopic (exact) mass is 358 g/mol. The minimum absolute atomic E-state index is 0. The molecule has 3 rings (SSSR count). The number of halogens is 1. The molecule has 0 fully saturated rings. The highest BCUT2D eigenvalue weighted by Crippen LogP contribution is 2.21.